The van der Waals surface area contributed by atoms with Gasteiger partial charge in [-0.05, 0) is 54.3 Å². The summed E-state index contributed by atoms with van der Waals surface area (Å²) >= 11 is 0. The average Bonchev–Trinajstić information content (AvgIpc) is 2.49. The number of aryl methyl sites for hydroxylation is 1. The molecule has 0 aliphatic rings. The van der Waals surface area contributed by atoms with Crippen molar-refractivity contribution in [2.45, 2.75) is 20.4 Å². The minimum Gasteiger partial charge on any atom is -0.326 e. The molecule has 0 bridgehead atoms. The Hall–Kier alpha value is -2.26. The first kappa shape index (κ1) is 14.2. The molecule has 2 N–H and O–H groups in total. The summed E-state index contributed by atoms with van der Waals surface area (Å²) in [6, 6.07) is 10.1. The highest BCUT2D eigenvalue weighted by molar-refractivity contribution is 5.85. The normalized spacial score (nSPS) is 11.4. The fourth-order valence-corrected chi connectivity index (χ4v) is 2.14. The van der Waals surface area contributed by atoms with Crippen LogP contribution in [-0.2, 0) is 11.3 Å². The molecule has 0 saturated carbocycles. The number of allylic oxidation sites excluding steroid dienone is 1. The maximum Gasteiger partial charge on any atom is 0.145 e. The van der Waals surface area contributed by atoms with Gasteiger partial charge >= 0.3 is 0 Å². The number of rotatable bonds is 4. The third-order valence-corrected chi connectivity index (χ3v) is 3.22. The van der Waals surface area contributed by atoms with Crippen LogP contribution < -0.4 is 5.73 Å². The monoisotopic (exact) mass is 266 g/mol. The van der Waals surface area contributed by atoms with Crippen molar-refractivity contribution in [3.63, 3.8) is 0 Å². The largest absolute Gasteiger partial charge is 0.326 e. The Morgan fingerprint density at radius 2 is 2.15 bits per heavy atom. The number of nitrogens with two attached hydrogens (primary N) is 1. The third-order valence-electron chi connectivity index (χ3n) is 3.22. The number of benzene rings is 1. The predicted molar refractivity (Wildman–Crippen MR) is 82.0 cm³/mol. The van der Waals surface area contributed by atoms with E-state index in [1.165, 1.54) is 0 Å². The van der Waals surface area contributed by atoms with Crippen LogP contribution in [0.5, 0.6) is 0 Å². The minimum atomic E-state index is 0.510. The Morgan fingerprint density at radius 3 is 2.85 bits per heavy atom. The molecule has 0 atom stereocenters. The van der Waals surface area contributed by atoms with Crippen molar-refractivity contribution in [1.29, 1.82) is 0 Å². The van der Waals surface area contributed by atoms with E-state index in [9.17, 15) is 4.79 Å². The molecule has 1 aromatic heterocycles. The van der Waals surface area contributed by atoms with E-state index in [0.717, 1.165) is 34.2 Å². The highest BCUT2D eigenvalue weighted by Crippen LogP contribution is 2.27. The van der Waals surface area contributed by atoms with Crippen LogP contribution in [0.3, 0.4) is 0 Å². The zero-order chi connectivity index (χ0) is 14.5. The second kappa shape index (κ2) is 6.26. The molecule has 3 nitrogen and oxygen atoms in total. The van der Waals surface area contributed by atoms with Gasteiger partial charge in [-0.15, -0.1) is 0 Å². The molecule has 1 aromatic carbocycles. The summed E-state index contributed by atoms with van der Waals surface area (Å²) in [5.41, 5.74) is 11.5. The first-order chi connectivity index (χ1) is 9.65. The van der Waals surface area contributed by atoms with Crippen molar-refractivity contribution in [2.75, 3.05) is 0 Å². The topological polar surface area (TPSA) is 56.0 Å². The van der Waals surface area contributed by atoms with Gasteiger partial charge in [-0.25, -0.2) is 0 Å². The van der Waals surface area contributed by atoms with Crippen molar-refractivity contribution in [2.24, 2.45) is 5.73 Å². The van der Waals surface area contributed by atoms with Crippen LogP contribution in [-0.4, -0.2) is 11.3 Å². The van der Waals surface area contributed by atoms with Crippen LogP contribution >= 0.6 is 0 Å². The van der Waals surface area contributed by atoms with Gasteiger partial charge in [0, 0.05) is 24.0 Å². The minimum absolute atomic E-state index is 0.510. The highest BCUT2D eigenvalue weighted by Gasteiger charge is 2.07. The van der Waals surface area contributed by atoms with Gasteiger partial charge < -0.3 is 5.73 Å². The lowest BCUT2D eigenvalue weighted by Gasteiger charge is -2.10. The molecule has 0 fully saturated rings. The highest BCUT2D eigenvalue weighted by atomic mass is 16.1. The first-order valence-electron chi connectivity index (χ1n) is 6.54. The zero-order valence-electron chi connectivity index (χ0n) is 11.8. The molecule has 2 rings (SSSR count). The van der Waals surface area contributed by atoms with Gasteiger partial charge in [0.15, 0.2) is 0 Å². The Kier molecular flexibility index (Phi) is 4.43. The Morgan fingerprint density at radius 1 is 1.35 bits per heavy atom. The predicted octanol–water partition coefficient (Wildman–Crippen LogP) is 3.12. The first-order valence-corrected chi connectivity index (χ1v) is 6.54. The molecule has 0 aliphatic heterocycles. The van der Waals surface area contributed by atoms with Gasteiger partial charge in [0.1, 0.15) is 6.29 Å². The maximum absolute atomic E-state index is 10.9. The van der Waals surface area contributed by atoms with Crippen LogP contribution in [0.15, 0.2) is 42.1 Å². The number of aromatic nitrogens is 1. The Bertz CT molecular complexity index is 660. The number of carbonyl (C=O) groups excluding carboxylic acids is 1. The molecule has 102 valence electrons. The van der Waals surface area contributed by atoms with E-state index in [1.54, 1.807) is 13.1 Å². The van der Waals surface area contributed by atoms with Crippen molar-refractivity contribution < 1.29 is 4.79 Å². The van der Waals surface area contributed by atoms with Crippen molar-refractivity contribution in [3.8, 4) is 11.1 Å². The van der Waals surface area contributed by atoms with Gasteiger partial charge in [-0.1, -0.05) is 18.2 Å². The molecular formula is C17H18N2O. The molecule has 0 spiro atoms. The van der Waals surface area contributed by atoms with Gasteiger partial charge in [-0.3, -0.25) is 9.78 Å². The average molecular weight is 266 g/mol. The van der Waals surface area contributed by atoms with Crippen LogP contribution in [0.4, 0.5) is 0 Å². The van der Waals surface area contributed by atoms with Gasteiger partial charge in [0.05, 0.1) is 0 Å². The number of nitrogens with zero attached hydrogens (tertiary/aromatic N) is 1. The van der Waals surface area contributed by atoms with E-state index in [2.05, 4.69) is 11.1 Å². The van der Waals surface area contributed by atoms with Crippen LogP contribution in [0.1, 0.15) is 23.7 Å². The van der Waals surface area contributed by atoms with E-state index in [-0.39, 0.29) is 0 Å². The van der Waals surface area contributed by atoms with Gasteiger partial charge in [-0.2, -0.15) is 0 Å². The number of aldehydes is 1. The maximum atomic E-state index is 10.9. The standard InChI is InChI=1S/C17H18N2O/c1-12(11-20)8-17-13(2)19-7-6-16(17)15-5-3-4-14(9-15)10-18/h3-9,11H,10,18H2,1-2H3/b12-8+. The lowest BCUT2D eigenvalue weighted by molar-refractivity contribution is -0.104. The molecule has 1 heterocycles. The van der Waals surface area contributed by atoms with Gasteiger partial charge in [0.2, 0.25) is 0 Å². The van der Waals surface area contributed by atoms with Gasteiger partial charge in [0.25, 0.3) is 0 Å². The lowest BCUT2D eigenvalue weighted by Crippen LogP contribution is -1.97. The quantitative estimate of drug-likeness (QED) is 0.683. The summed E-state index contributed by atoms with van der Waals surface area (Å²) in [5.74, 6) is 0. The van der Waals surface area contributed by atoms with E-state index in [4.69, 9.17) is 5.73 Å². The van der Waals surface area contributed by atoms with Crippen molar-refractivity contribution >= 4 is 12.4 Å². The number of hydrogen-bond acceptors (Lipinski definition) is 3. The third kappa shape index (κ3) is 3.00. The fourth-order valence-electron chi connectivity index (χ4n) is 2.14. The van der Waals surface area contributed by atoms with Crippen LogP contribution in [0.25, 0.3) is 17.2 Å². The SMILES string of the molecule is C/C(C=O)=C\c1c(-c2cccc(CN)c2)ccnc1C. The smallest absolute Gasteiger partial charge is 0.145 e. The summed E-state index contributed by atoms with van der Waals surface area (Å²) in [6.07, 6.45) is 4.51. The fraction of sp³-hybridized carbons (Fsp3) is 0.176. The van der Waals surface area contributed by atoms with Crippen molar-refractivity contribution in [3.05, 3.63) is 58.9 Å². The summed E-state index contributed by atoms with van der Waals surface area (Å²) < 4.78 is 0. The van der Waals surface area contributed by atoms with Crippen LogP contribution in [0, 0.1) is 6.92 Å². The number of carbonyl (C=O) groups is 1. The molecule has 0 radical (unpaired) electrons. The van der Waals surface area contributed by atoms with Crippen molar-refractivity contribution in [1.82, 2.24) is 4.98 Å². The van der Waals surface area contributed by atoms with E-state index in [0.29, 0.717) is 12.1 Å². The zero-order valence-corrected chi connectivity index (χ0v) is 11.8. The molecule has 0 aliphatic carbocycles. The molecule has 2 aromatic rings. The summed E-state index contributed by atoms with van der Waals surface area (Å²) in [6.45, 7) is 4.25. The van der Waals surface area contributed by atoms with E-state index in [1.807, 2.05) is 37.3 Å². The molecule has 0 unspecified atom stereocenters. The van der Waals surface area contributed by atoms with Crippen LogP contribution in [0.2, 0.25) is 0 Å². The summed E-state index contributed by atoms with van der Waals surface area (Å²) in [7, 11) is 0. The molecule has 20 heavy (non-hydrogen) atoms. The molecule has 3 heteroatoms. The Balaban J connectivity index is 2.61. The second-order valence-corrected chi connectivity index (χ2v) is 4.77. The molecular weight excluding hydrogens is 248 g/mol. The van der Waals surface area contributed by atoms with E-state index >= 15 is 0 Å². The number of hydrogen-bond donors (Lipinski definition) is 1. The summed E-state index contributed by atoms with van der Waals surface area (Å²) in [4.78, 5) is 15.2. The molecule has 0 amide bonds. The number of pyridine rings is 1. The molecule has 0 saturated heterocycles. The lowest BCUT2D eigenvalue weighted by atomic mass is 9.96. The Labute approximate surface area is 119 Å². The van der Waals surface area contributed by atoms with E-state index < -0.39 is 0 Å². The summed E-state index contributed by atoms with van der Waals surface area (Å²) in [5, 5.41) is 0. The second-order valence-electron chi connectivity index (χ2n) is 4.77.